The van der Waals surface area contributed by atoms with Crippen LogP contribution < -0.4 is 10.1 Å². The molecule has 2 aromatic carbocycles. The maximum absolute atomic E-state index is 12.5. The third-order valence-electron chi connectivity index (χ3n) is 4.32. The van der Waals surface area contributed by atoms with Gasteiger partial charge in [0.05, 0.1) is 36.8 Å². The third-order valence-corrected chi connectivity index (χ3v) is 5.29. The number of hydrogen-bond donors (Lipinski definition) is 1. The van der Waals surface area contributed by atoms with Crippen molar-refractivity contribution in [2.24, 2.45) is 0 Å². The number of amides is 1. The van der Waals surface area contributed by atoms with E-state index >= 15 is 0 Å². The van der Waals surface area contributed by atoms with Crippen LogP contribution in [0.15, 0.2) is 53.7 Å². The van der Waals surface area contributed by atoms with Gasteiger partial charge in [0.1, 0.15) is 5.75 Å². The minimum Gasteiger partial charge on any atom is -0.496 e. The molecular weight excluding hydrogens is 404 g/mol. The number of aromatic nitrogens is 3. The fourth-order valence-electron chi connectivity index (χ4n) is 2.91. The van der Waals surface area contributed by atoms with Crippen LogP contribution in [-0.2, 0) is 16.1 Å². The molecule has 30 heavy (non-hydrogen) atoms. The Morgan fingerprint density at radius 1 is 1.07 bits per heavy atom. The molecule has 0 saturated carbocycles. The first-order chi connectivity index (χ1) is 14.6. The Labute approximate surface area is 178 Å². The van der Waals surface area contributed by atoms with Crippen molar-refractivity contribution in [3.05, 3.63) is 54.1 Å². The number of methoxy groups -OCH3 is 2. The van der Waals surface area contributed by atoms with E-state index in [0.717, 1.165) is 5.56 Å². The van der Waals surface area contributed by atoms with Crippen molar-refractivity contribution >= 4 is 29.3 Å². The van der Waals surface area contributed by atoms with Gasteiger partial charge in [0.2, 0.25) is 5.91 Å². The van der Waals surface area contributed by atoms with Crippen molar-refractivity contribution in [2.75, 3.05) is 25.3 Å². The molecule has 3 aromatic rings. The maximum atomic E-state index is 12.5. The molecule has 1 heterocycles. The molecule has 0 aliphatic heterocycles. The fraction of sp³-hybridized carbons (Fsp3) is 0.238. The van der Waals surface area contributed by atoms with Gasteiger partial charge in [-0.05, 0) is 31.2 Å². The number of carbonyl (C=O) groups excluding carboxylic acids is 2. The molecule has 1 aromatic heterocycles. The second kappa shape index (κ2) is 9.93. The molecule has 0 aliphatic rings. The van der Waals surface area contributed by atoms with Crippen molar-refractivity contribution < 1.29 is 19.1 Å². The Morgan fingerprint density at radius 2 is 1.80 bits per heavy atom. The summed E-state index contributed by atoms with van der Waals surface area (Å²) in [5.74, 6) is 0.716. The van der Waals surface area contributed by atoms with Crippen molar-refractivity contribution in [1.82, 2.24) is 14.8 Å². The summed E-state index contributed by atoms with van der Waals surface area (Å²) in [6, 6.07) is 14.3. The van der Waals surface area contributed by atoms with Crippen molar-refractivity contribution in [3.8, 4) is 17.1 Å². The van der Waals surface area contributed by atoms with Crippen LogP contribution in [0.25, 0.3) is 11.4 Å². The Hall–Kier alpha value is -3.33. The molecule has 3 rings (SSSR count). The van der Waals surface area contributed by atoms with Gasteiger partial charge in [-0.15, -0.1) is 10.2 Å². The number of para-hydroxylation sites is 2. The van der Waals surface area contributed by atoms with E-state index in [-0.39, 0.29) is 11.7 Å². The molecule has 8 nitrogen and oxygen atoms in total. The second-order valence-electron chi connectivity index (χ2n) is 6.12. The molecule has 1 N–H and O–H groups in total. The number of esters is 1. The summed E-state index contributed by atoms with van der Waals surface area (Å²) in [6.07, 6.45) is 0. The summed E-state index contributed by atoms with van der Waals surface area (Å²) in [5, 5.41) is 11.9. The smallest absolute Gasteiger partial charge is 0.339 e. The molecule has 0 bridgehead atoms. The zero-order valence-corrected chi connectivity index (χ0v) is 17.7. The summed E-state index contributed by atoms with van der Waals surface area (Å²) >= 11 is 1.27. The largest absolute Gasteiger partial charge is 0.496 e. The molecule has 1 amide bonds. The fourth-order valence-corrected chi connectivity index (χ4v) is 3.71. The summed E-state index contributed by atoms with van der Waals surface area (Å²) in [6.45, 7) is 2.62. The first kappa shape index (κ1) is 21.4. The minimum atomic E-state index is -0.509. The number of hydrogen-bond acceptors (Lipinski definition) is 7. The zero-order valence-electron chi connectivity index (χ0n) is 16.9. The van der Waals surface area contributed by atoms with Gasteiger partial charge in [-0.25, -0.2) is 4.79 Å². The van der Waals surface area contributed by atoms with Crippen LogP contribution >= 0.6 is 11.8 Å². The monoisotopic (exact) mass is 426 g/mol. The summed E-state index contributed by atoms with van der Waals surface area (Å²) in [4.78, 5) is 24.3. The number of ether oxygens (including phenoxy) is 2. The van der Waals surface area contributed by atoms with E-state index in [9.17, 15) is 9.59 Å². The average molecular weight is 426 g/mol. The van der Waals surface area contributed by atoms with E-state index in [0.29, 0.717) is 34.5 Å². The van der Waals surface area contributed by atoms with Gasteiger partial charge in [-0.3, -0.25) is 4.79 Å². The van der Waals surface area contributed by atoms with Crippen molar-refractivity contribution in [3.63, 3.8) is 0 Å². The van der Waals surface area contributed by atoms with Crippen LogP contribution in [0.1, 0.15) is 17.3 Å². The Bertz CT molecular complexity index is 1050. The van der Waals surface area contributed by atoms with E-state index < -0.39 is 5.97 Å². The number of nitrogens with zero attached hydrogens (tertiary/aromatic N) is 3. The van der Waals surface area contributed by atoms with Gasteiger partial charge in [-0.1, -0.05) is 36.0 Å². The third kappa shape index (κ3) is 4.62. The van der Waals surface area contributed by atoms with E-state index in [1.807, 2.05) is 35.8 Å². The van der Waals surface area contributed by atoms with Gasteiger partial charge in [-0.2, -0.15) is 0 Å². The van der Waals surface area contributed by atoms with Crippen LogP contribution in [0.2, 0.25) is 0 Å². The lowest BCUT2D eigenvalue weighted by Crippen LogP contribution is -2.17. The van der Waals surface area contributed by atoms with Crippen molar-refractivity contribution in [2.45, 2.75) is 18.6 Å². The average Bonchev–Trinajstić information content (AvgIpc) is 3.20. The molecule has 0 radical (unpaired) electrons. The molecule has 0 atom stereocenters. The van der Waals surface area contributed by atoms with E-state index in [2.05, 4.69) is 15.5 Å². The molecular formula is C21H22N4O4S. The van der Waals surface area contributed by atoms with Gasteiger partial charge < -0.3 is 19.4 Å². The van der Waals surface area contributed by atoms with E-state index in [4.69, 9.17) is 9.47 Å². The predicted octanol–water partition coefficient (Wildman–Crippen LogP) is 3.49. The van der Waals surface area contributed by atoms with Gasteiger partial charge in [0.15, 0.2) is 11.0 Å². The Balaban J connectivity index is 1.73. The lowest BCUT2D eigenvalue weighted by molar-refractivity contribution is -0.113. The first-order valence-electron chi connectivity index (χ1n) is 9.25. The van der Waals surface area contributed by atoms with Gasteiger partial charge >= 0.3 is 5.97 Å². The van der Waals surface area contributed by atoms with E-state index in [1.54, 1.807) is 31.4 Å². The van der Waals surface area contributed by atoms with E-state index in [1.165, 1.54) is 18.9 Å². The topological polar surface area (TPSA) is 95.3 Å². The number of rotatable bonds is 8. The molecule has 0 fully saturated rings. The van der Waals surface area contributed by atoms with Crippen molar-refractivity contribution in [1.29, 1.82) is 0 Å². The van der Waals surface area contributed by atoms with Crippen LogP contribution in [0, 0.1) is 0 Å². The highest BCUT2D eigenvalue weighted by atomic mass is 32.2. The number of thioether (sulfide) groups is 1. The molecule has 156 valence electrons. The molecule has 0 aliphatic carbocycles. The SMILES string of the molecule is CCn1c(SCC(=O)Nc2ccccc2C(=O)OC)nnc1-c1ccccc1OC. The number of carbonyl (C=O) groups is 2. The lowest BCUT2D eigenvalue weighted by atomic mass is 10.2. The van der Waals surface area contributed by atoms with Crippen LogP contribution in [0.4, 0.5) is 5.69 Å². The van der Waals surface area contributed by atoms with Crippen LogP contribution in [0.3, 0.4) is 0 Å². The first-order valence-corrected chi connectivity index (χ1v) is 10.2. The highest BCUT2D eigenvalue weighted by Gasteiger charge is 2.18. The maximum Gasteiger partial charge on any atom is 0.339 e. The minimum absolute atomic E-state index is 0.111. The highest BCUT2D eigenvalue weighted by molar-refractivity contribution is 7.99. The summed E-state index contributed by atoms with van der Waals surface area (Å²) in [5.41, 5.74) is 1.54. The predicted molar refractivity (Wildman–Crippen MR) is 115 cm³/mol. The molecule has 0 spiro atoms. The van der Waals surface area contributed by atoms with Crippen LogP contribution in [-0.4, -0.2) is 46.6 Å². The number of benzene rings is 2. The van der Waals surface area contributed by atoms with Gasteiger partial charge in [0.25, 0.3) is 0 Å². The Morgan fingerprint density at radius 3 is 2.53 bits per heavy atom. The quantitative estimate of drug-likeness (QED) is 0.435. The normalized spacial score (nSPS) is 10.5. The molecule has 0 saturated heterocycles. The van der Waals surface area contributed by atoms with Gasteiger partial charge in [0, 0.05) is 6.54 Å². The lowest BCUT2D eigenvalue weighted by Gasteiger charge is -2.11. The molecule has 0 unspecified atom stereocenters. The van der Waals surface area contributed by atoms with Crippen LogP contribution in [0.5, 0.6) is 5.75 Å². The number of nitrogens with one attached hydrogen (secondary N) is 1. The zero-order chi connectivity index (χ0) is 21.5. The number of anilines is 1. The Kier molecular flexibility index (Phi) is 7.08. The summed E-state index contributed by atoms with van der Waals surface area (Å²) in [7, 11) is 2.91. The highest BCUT2D eigenvalue weighted by Crippen LogP contribution is 2.30. The standard InChI is InChI=1S/C21H22N4O4S/c1-4-25-19(15-10-6-8-12-17(15)28-2)23-24-21(25)30-13-18(26)22-16-11-7-5-9-14(16)20(27)29-3/h5-12H,4,13H2,1-3H3,(H,22,26). The summed E-state index contributed by atoms with van der Waals surface area (Å²) < 4.78 is 12.1. The second-order valence-corrected chi connectivity index (χ2v) is 7.07. The molecule has 9 heteroatoms.